The first kappa shape index (κ1) is 16.7. The maximum Gasteiger partial charge on any atom is 0.358 e. The summed E-state index contributed by atoms with van der Waals surface area (Å²) in [6.07, 6.45) is 1.92. The van der Waals surface area contributed by atoms with Crippen LogP contribution in [0, 0.1) is 13.8 Å². The molecule has 5 nitrogen and oxygen atoms in total. The van der Waals surface area contributed by atoms with E-state index in [0.717, 1.165) is 40.8 Å². The molecule has 0 aliphatic heterocycles. The lowest BCUT2D eigenvalue weighted by atomic mass is 10.2. The molecule has 0 aliphatic rings. The Morgan fingerprint density at radius 1 is 1.41 bits per heavy atom. The number of ether oxygens (including phenoxy) is 1. The van der Waals surface area contributed by atoms with E-state index in [1.54, 1.807) is 6.92 Å². The number of nitrogens with zero attached hydrogens (tertiary/aromatic N) is 1. The Hall–Kier alpha value is -1.66. The number of hydrogen-bond donors (Lipinski definition) is 1. The van der Waals surface area contributed by atoms with Crippen LogP contribution in [0.4, 0.5) is 0 Å². The first-order valence-electron chi connectivity index (χ1n) is 7.49. The summed E-state index contributed by atoms with van der Waals surface area (Å²) >= 11 is 1.53. The minimum Gasteiger partial charge on any atom is -0.466 e. The monoisotopic (exact) mass is 322 g/mol. The van der Waals surface area contributed by atoms with Gasteiger partial charge in [-0.3, -0.25) is 0 Å². The van der Waals surface area contributed by atoms with Gasteiger partial charge in [-0.1, -0.05) is 0 Å². The fourth-order valence-corrected chi connectivity index (χ4v) is 3.01. The maximum atomic E-state index is 11.7. The molecule has 2 heterocycles. The second-order valence-electron chi connectivity index (χ2n) is 5.03. The zero-order chi connectivity index (χ0) is 15.9. The lowest BCUT2D eigenvalue weighted by Gasteiger charge is -2.01. The summed E-state index contributed by atoms with van der Waals surface area (Å²) in [6, 6.07) is 4.00. The molecule has 0 aromatic carbocycles. The maximum absolute atomic E-state index is 11.7. The summed E-state index contributed by atoms with van der Waals surface area (Å²) in [7, 11) is 0. The zero-order valence-electron chi connectivity index (χ0n) is 13.3. The molecule has 2 aromatic rings. The van der Waals surface area contributed by atoms with Crippen molar-refractivity contribution in [2.45, 2.75) is 40.2 Å². The summed E-state index contributed by atoms with van der Waals surface area (Å²) in [5.41, 5.74) is 0.440. The van der Waals surface area contributed by atoms with Gasteiger partial charge in [-0.15, -0.1) is 11.3 Å². The molecule has 1 N–H and O–H groups in total. The summed E-state index contributed by atoms with van der Waals surface area (Å²) in [5, 5.41) is 4.26. The van der Waals surface area contributed by atoms with E-state index >= 15 is 0 Å². The average Bonchev–Trinajstić information content (AvgIpc) is 3.05. The number of thiazole rings is 1. The predicted octanol–water partition coefficient (Wildman–Crippen LogP) is 3.25. The van der Waals surface area contributed by atoms with Crippen LogP contribution in [0.5, 0.6) is 0 Å². The molecule has 6 heteroatoms. The number of carbonyl (C=O) groups excluding carboxylic acids is 1. The number of esters is 1. The average molecular weight is 322 g/mol. The number of nitrogens with one attached hydrogen (secondary N) is 1. The molecular formula is C16H22N2O3S. The SMILES string of the molecule is CCOC(=O)c1nc(CNCCCc2ccc(C)o2)sc1C. The first-order valence-corrected chi connectivity index (χ1v) is 8.31. The van der Waals surface area contributed by atoms with Crippen molar-refractivity contribution in [2.75, 3.05) is 13.2 Å². The van der Waals surface area contributed by atoms with Gasteiger partial charge < -0.3 is 14.5 Å². The van der Waals surface area contributed by atoms with Gasteiger partial charge in [0.25, 0.3) is 0 Å². The molecule has 2 aromatic heterocycles. The third-order valence-corrected chi connectivity index (χ3v) is 4.13. The molecule has 0 aliphatic carbocycles. The molecule has 0 fully saturated rings. The smallest absolute Gasteiger partial charge is 0.358 e. The fourth-order valence-electron chi connectivity index (χ4n) is 2.12. The summed E-state index contributed by atoms with van der Waals surface area (Å²) in [5.74, 6) is 1.64. The van der Waals surface area contributed by atoms with Crippen molar-refractivity contribution in [2.24, 2.45) is 0 Å². The molecule has 0 bridgehead atoms. The Morgan fingerprint density at radius 2 is 2.23 bits per heavy atom. The number of hydrogen-bond acceptors (Lipinski definition) is 6. The predicted molar refractivity (Wildman–Crippen MR) is 86.3 cm³/mol. The van der Waals surface area contributed by atoms with Gasteiger partial charge >= 0.3 is 5.97 Å². The van der Waals surface area contributed by atoms with Crippen LogP contribution in [0.3, 0.4) is 0 Å². The van der Waals surface area contributed by atoms with E-state index in [0.29, 0.717) is 18.8 Å². The number of rotatable bonds is 8. The van der Waals surface area contributed by atoms with Crippen molar-refractivity contribution in [3.05, 3.63) is 39.2 Å². The minimum absolute atomic E-state index is 0.337. The second kappa shape index (κ2) is 8.10. The van der Waals surface area contributed by atoms with E-state index in [-0.39, 0.29) is 5.97 Å². The highest BCUT2D eigenvalue weighted by atomic mass is 32.1. The van der Waals surface area contributed by atoms with E-state index < -0.39 is 0 Å². The van der Waals surface area contributed by atoms with Gasteiger partial charge in [0.2, 0.25) is 0 Å². The molecule has 0 atom stereocenters. The molecule has 0 amide bonds. The first-order chi connectivity index (χ1) is 10.6. The zero-order valence-corrected chi connectivity index (χ0v) is 14.1. The molecular weight excluding hydrogens is 300 g/mol. The van der Waals surface area contributed by atoms with E-state index in [1.807, 2.05) is 26.0 Å². The summed E-state index contributed by atoms with van der Waals surface area (Å²) in [4.78, 5) is 17.0. The highest BCUT2D eigenvalue weighted by molar-refractivity contribution is 7.11. The van der Waals surface area contributed by atoms with Crippen LogP contribution in [0.15, 0.2) is 16.5 Å². The Bertz CT molecular complexity index is 619. The second-order valence-corrected chi connectivity index (χ2v) is 6.31. The van der Waals surface area contributed by atoms with Gasteiger partial charge in [0.15, 0.2) is 5.69 Å². The molecule has 2 rings (SSSR count). The molecule has 120 valence electrons. The van der Waals surface area contributed by atoms with Gasteiger partial charge in [-0.2, -0.15) is 0 Å². The third-order valence-electron chi connectivity index (χ3n) is 3.16. The molecule has 0 radical (unpaired) electrons. The van der Waals surface area contributed by atoms with E-state index in [9.17, 15) is 4.79 Å². The van der Waals surface area contributed by atoms with Crippen molar-refractivity contribution < 1.29 is 13.9 Å². The van der Waals surface area contributed by atoms with Gasteiger partial charge in [-0.25, -0.2) is 9.78 Å². The van der Waals surface area contributed by atoms with Crippen LogP contribution in [-0.2, 0) is 17.7 Å². The van der Waals surface area contributed by atoms with Crippen LogP contribution in [0.2, 0.25) is 0 Å². The third kappa shape index (κ3) is 4.68. The van der Waals surface area contributed by atoms with Crippen LogP contribution >= 0.6 is 11.3 Å². The Morgan fingerprint density at radius 3 is 2.91 bits per heavy atom. The highest BCUT2D eigenvalue weighted by Crippen LogP contribution is 2.18. The Labute approximate surface area is 134 Å². The molecule has 22 heavy (non-hydrogen) atoms. The largest absolute Gasteiger partial charge is 0.466 e. The number of furan rings is 1. The minimum atomic E-state index is -0.337. The lowest BCUT2D eigenvalue weighted by molar-refractivity contribution is 0.0519. The molecule has 0 saturated heterocycles. The van der Waals surface area contributed by atoms with Gasteiger partial charge in [0, 0.05) is 17.8 Å². The Balaban J connectivity index is 1.73. The van der Waals surface area contributed by atoms with Crippen molar-refractivity contribution in [3.8, 4) is 0 Å². The topological polar surface area (TPSA) is 64.4 Å². The summed E-state index contributed by atoms with van der Waals surface area (Å²) < 4.78 is 10.5. The van der Waals surface area contributed by atoms with Crippen molar-refractivity contribution >= 4 is 17.3 Å². The standard InChI is InChI=1S/C16H22N2O3S/c1-4-20-16(19)15-12(3)22-14(18-15)10-17-9-5-6-13-8-7-11(2)21-13/h7-8,17H,4-6,9-10H2,1-3H3. The van der Waals surface area contributed by atoms with Crippen molar-refractivity contribution in [3.63, 3.8) is 0 Å². The van der Waals surface area contributed by atoms with Gasteiger partial charge in [-0.05, 0) is 45.9 Å². The molecule has 0 unspecified atom stereocenters. The van der Waals surface area contributed by atoms with Crippen LogP contribution in [-0.4, -0.2) is 24.1 Å². The van der Waals surface area contributed by atoms with E-state index in [2.05, 4.69) is 10.3 Å². The lowest BCUT2D eigenvalue weighted by Crippen LogP contribution is -2.15. The van der Waals surface area contributed by atoms with Gasteiger partial charge in [0.05, 0.1) is 6.61 Å². The molecule has 0 spiro atoms. The normalized spacial score (nSPS) is 10.9. The fraction of sp³-hybridized carbons (Fsp3) is 0.500. The quantitative estimate of drug-likeness (QED) is 0.597. The van der Waals surface area contributed by atoms with Crippen LogP contribution in [0.1, 0.15) is 45.2 Å². The molecule has 0 saturated carbocycles. The number of aryl methyl sites for hydroxylation is 3. The van der Waals surface area contributed by atoms with Crippen LogP contribution in [0.25, 0.3) is 0 Å². The number of carbonyl (C=O) groups is 1. The number of aromatic nitrogens is 1. The van der Waals surface area contributed by atoms with E-state index in [4.69, 9.17) is 9.15 Å². The highest BCUT2D eigenvalue weighted by Gasteiger charge is 2.15. The van der Waals surface area contributed by atoms with Crippen LogP contribution < -0.4 is 5.32 Å². The van der Waals surface area contributed by atoms with Crippen molar-refractivity contribution in [1.82, 2.24) is 10.3 Å². The van der Waals surface area contributed by atoms with Crippen molar-refractivity contribution in [1.29, 1.82) is 0 Å². The van der Waals surface area contributed by atoms with E-state index in [1.165, 1.54) is 11.3 Å². The van der Waals surface area contributed by atoms with Gasteiger partial charge in [0.1, 0.15) is 16.5 Å². The Kier molecular flexibility index (Phi) is 6.15. The summed E-state index contributed by atoms with van der Waals surface area (Å²) in [6.45, 7) is 7.56.